The Balaban J connectivity index is 1.48. The summed E-state index contributed by atoms with van der Waals surface area (Å²) in [6.07, 6.45) is 1.02. The zero-order valence-electron chi connectivity index (χ0n) is 17.2. The van der Waals surface area contributed by atoms with E-state index in [1.54, 1.807) is 21.3 Å². The number of urea groups is 1. The van der Waals surface area contributed by atoms with Gasteiger partial charge in [-0.15, -0.1) is 0 Å². The summed E-state index contributed by atoms with van der Waals surface area (Å²) in [5, 5.41) is 5.85. The second kappa shape index (κ2) is 10.0. The highest BCUT2D eigenvalue weighted by Gasteiger charge is 2.24. The van der Waals surface area contributed by atoms with Crippen LogP contribution in [-0.2, 0) is 11.3 Å². The first-order valence-electron chi connectivity index (χ1n) is 9.72. The number of anilines is 2. The Hall–Kier alpha value is -2.93. The normalized spacial score (nSPS) is 15.8. The van der Waals surface area contributed by atoms with Gasteiger partial charge in [-0.25, -0.2) is 4.79 Å². The van der Waals surface area contributed by atoms with Gasteiger partial charge in [-0.1, -0.05) is 12.1 Å². The maximum Gasteiger partial charge on any atom is 0.319 e. The maximum atomic E-state index is 12.2. The number of amides is 2. The molecule has 7 heteroatoms. The quantitative estimate of drug-likeness (QED) is 0.711. The Morgan fingerprint density at radius 3 is 2.38 bits per heavy atom. The summed E-state index contributed by atoms with van der Waals surface area (Å²) in [4.78, 5) is 14.5. The lowest BCUT2D eigenvalue weighted by Gasteiger charge is -2.20. The Morgan fingerprint density at radius 2 is 1.76 bits per heavy atom. The highest BCUT2D eigenvalue weighted by molar-refractivity contribution is 5.89. The van der Waals surface area contributed by atoms with Gasteiger partial charge < -0.3 is 29.7 Å². The molecular weight excluding hydrogens is 370 g/mol. The van der Waals surface area contributed by atoms with Crippen molar-refractivity contribution < 1.29 is 19.0 Å². The van der Waals surface area contributed by atoms with Crippen molar-refractivity contribution in [1.82, 2.24) is 5.32 Å². The van der Waals surface area contributed by atoms with Crippen LogP contribution in [0.15, 0.2) is 42.5 Å². The minimum Gasteiger partial charge on any atom is -0.497 e. The van der Waals surface area contributed by atoms with Crippen molar-refractivity contribution in [1.29, 1.82) is 0 Å². The summed E-state index contributed by atoms with van der Waals surface area (Å²) in [6, 6.07) is 13.3. The van der Waals surface area contributed by atoms with Crippen molar-refractivity contribution in [3.05, 3.63) is 48.0 Å². The second-order valence-corrected chi connectivity index (χ2v) is 7.14. The van der Waals surface area contributed by atoms with Crippen LogP contribution < -0.4 is 25.0 Å². The van der Waals surface area contributed by atoms with Crippen LogP contribution in [-0.4, -0.2) is 47.0 Å². The third-order valence-electron chi connectivity index (χ3n) is 5.06. The zero-order chi connectivity index (χ0) is 20.6. The molecule has 0 unspecified atom stereocenters. The van der Waals surface area contributed by atoms with Gasteiger partial charge in [-0.3, -0.25) is 0 Å². The summed E-state index contributed by atoms with van der Waals surface area (Å²) in [6.45, 7) is 3.00. The molecule has 2 amide bonds. The fraction of sp³-hybridized carbons (Fsp3) is 0.409. The average molecular weight is 399 g/mol. The standard InChI is InChI=1S/C22H29N3O4/c1-27-15-16-4-6-18(7-5-16)24-22(26)23-13-17-8-9-25(14-17)19-10-20(28-2)12-21(11-19)29-3/h4-7,10-12,17H,8-9,13-15H2,1-3H3,(H2,23,24,26)/t17-/m0/s1. The van der Waals surface area contributed by atoms with Crippen molar-refractivity contribution in [3.8, 4) is 11.5 Å². The van der Waals surface area contributed by atoms with Gasteiger partial charge in [0.25, 0.3) is 0 Å². The number of ether oxygens (including phenoxy) is 3. The number of nitrogens with zero attached hydrogens (tertiary/aromatic N) is 1. The van der Waals surface area contributed by atoms with Crippen molar-refractivity contribution in [2.45, 2.75) is 13.0 Å². The van der Waals surface area contributed by atoms with Crippen LogP contribution in [0.4, 0.5) is 16.2 Å². The summed E-state index contributed by atoms with van der Waals surface area (Å²) >= 11 is 0. The Labute approximate surface area is 171 Å². The molecule has 1 heterocycles. The first-order chi connectivity index (χ1) is 14.1. The smallest absolute Gasteiger partial charge is 0.319 e. The molecule has 1 atom stereocenters. The highest BCUT2D eigenvalue weighted by Crippen LogP contribution is 2.31. The fourth-order valence-corrected chi connectivity index (χ4v) is 3.47. The number of methoxy groups -OCH3 is 3. The third-order valence-corrected chi connectivity index (χ3v) is 5.06. The first-order valence-corrected chi connectivity index (χ1v) is 9.72. The molecule has 2 aromatic rings. The molecular formula is C22H29N3O4. The van der Waals surface area contributed by atoms with E-state index in [1.807, 2.05) is 42.5 Å². The van der Waals surface area contributed by atoms with Crippen molar-refractivity contribution in [2.75, 3.05) is 51.2 Å². The van der Waals surface area contributed by atoms with Gasteiger partial charge in [-0.05, 0) is 30.0 Å². The fourth-order valence-electron chi connectivity index (χ4n) is 3.47. The molecule has 1 saturated heterocycles. The van der Waals surface area contributed by atoms with Crippen LogP contribution in [0.25, 0.3) is 0 Å². The highest BCUT2D eigenvalue weighted by atomic mass is 16.5. The largest absolute Gasteiger partial charge is 0.497 e. The third kappa shape index (κ3) is 5.77. The Kier molecular flexibility index (Phi) is 7.19. The monoisotopic (exact) mass is 399 g/mol. The molecule has 2 N–H and O–H groups in total. The predicted octanol–water partition coefficient (Wildman–Crippen LogP) is 3.50. The van der Waals surface area contributed by atoms with E-state index < -0.39 is 0 Å². The molecule has 0 aliphatic carbocycles. The van der Waals surface area contributed by atoms with E-state index in [0.717, 1.165) is 47.9 Å². The summed E-state index contributed by atoms with van der Waals surface area (Å²) in [5.74, 6) is 1.94. The lowest BCUT2D eigenvalue weighted by Crippen LogP contribution is -2.34. The van der Waals surface area contributed by atoms with Crippen molar-refractivity contribution in [2.24, 2.45) is 5.92 Å². The van der Waals surface area contributed by atoms with E-state index >= 15 is 0 Å². The van der Waals surface area contributed by atoms with Crippen LogP contribution in [0.5, 0.6) is 11.5 Å². The molecule has 0 radical (unpaired) electrons. The van der Waals surface area contributed by atoms with Crippen molar-refractivity contribution >= 4 is 17.4 Å². The number of carbonyl (C=O) groups excluding carboxylic acids is 1. The second-order valence-electron chi connectivity index (χ2n) is 7.14. The first kappa shape index (κ1) is 20.8. The van der Waals surface area contributed by atoms with Gasteiger partial charge in [0.2, 0.25) is 0 Å². The van der Waals surface area contributed by atoms with Crippen LogP contribution >= 0.6 is 0 Å². The molecule has 0 saturated carbocycles. The predicted molar refractivity (Wildman–Crippen MR) is 114 cm³/mol. The number of benzene rings is 2. The van der Waals surface area contributed by atoms with E-state index in [2.05, 4.69) is 15.5 Å². The van der Waals surface area contributed by atoms with E-state index in [9.17, 15) is 4.79 Å². The summed E-state index contributed by atoms with van der Waals surface area (Å²) in [7, 11) is 4.96. The van der Waals surface area contributed by atoms with Gasteiger partial charge in [0.15, 0.2) is 0 Å². The topological polar surface area (TPSA) is 72.1 Å². The van der Waals surface area contributed by atoms with Crippen molar-refractivity contribution in [3.63, 3.8) is 0 Å². The molecule has 0 spiro atoms. The molecule has 0 aromatic heterocycles. The summed E-state index contributed by atoms with van der Waals surface area (Å²) < 4.78 is 15.8. The SMILES string of the molecule is COCc1ccc(NC(=O)NC[C@@H]2CCN(c3cc(OC)cc(OC)c3)C2)cc1. The van der Waals surface area contributed by atoms with E-state index in [-0.39, 0.29) is 6.03 Å². The van der Waals surface area contributed by atoms with E-state index in [4.69, 9.17) is 14.2 Å². The molecule has 0 bridgehead atoms. The molecule has 7 nitrogen and oxygen atoms in total. The number of rotatable bonds is 8. The Bertz CT molecular complexity index is 788. The van der Waals surface area contributed by atoms with E-state index in [1.165, 1.54) is 0 Å². The maximum absolute atomic E-state index is 12.2. The molecule has 1 aliphatic rings. The average Bonchev–Trinajstić information content (AvgIpc) is 3.22. The number of hydrogen-bond acceptors (Lipinski definition) is 5. The van der Waals surface area contributed by atoms with Crippen LogP contribution in [0.3, 0.4) is 0 Å². The lowest BCUT2D eigenvalue weighted by atomic mass is 10.1. The van der Waals surface area contributed by atoms with Gasteiger partial charge in [-0.2, -0.15) is 0 Å². The molecule has 1 fully saturated rings. The van der Waals surface area contributed by atoms with Crippen LogP contribution in [0.2, 0.25) is 0 Å². The van der Waals surface area contributed by atoms with Gasteiger partial charge in [0.1, 0.15) is 11.5 Å². The van der Waals surface area contributed by atoms with Gasteiger partial charge in [0, 0.05) is 56.3 Å². The van der Waals surface area contributed by atoms with Gasteiger partial charge >= 0.3 is 6.03 Å². The minimum atomic E-state index is -0.189. The molecule has 29 heavy (non-hydrogen) atoms. The van der Waals surface area contributed by atoms with E-state index in [0.29, 0.717) is 19.1 Å². The number of hydrogen-bond donors (Lipinski definition) is 2. The van der Waals surface area contributed by atoms with Crippen LogP contribution in [0.1, 0.15) is 12.0 Å². The molecule has 1 aliphatic heterocycles. The zero-order valence-corrected chi connectivity index (χ0v) is 17.2. The lowest BCUT2D eigenvalue weighted by molar-refractivity contribution is 0.185. The number of nitrogens with one attached hydrogen (secondary N) is 2. The summed E-state index contributed by atoms with van der Waals surface area (Å²) in [5.41, 5.74) is 2.90. The molecule has 3 rings (SSSR count). The Morgan fingerprint density at radius 1 is 1.07 bits per heavy atom. The van der Waals surface area contributed by atoms with Crippen LogP contribution in [0, 0.1) is 5.92 Å². The van der Waals surface area contributed by atoms with Gasteiger partial charge in [0.05, 0.1) is 20.8 Å². The molecule has 2 aromatic carbocycles. The molecule has 156 valence electrons. The minimum absolute atomic E-state index is 0.189. The number of carbonyl (C=O) groups is 1.